The van der Waals surface area contributed by atoms with E-state index < -0.39 is 0 Å². The summed E-state index contributed by atoms with van der Waals surface area (Å²) in [4.78, 5) is 18.7. The van der Waals surface area contributed by atoms with Crippen LogP contribution < -0.4 is 9.47 Å². The zero-order valence-corrected chi connectivity index (χ0v) is 21.2. The van der Waals surface area contributed by atoms with E-state index in [2.05, 4.69) is 23.8 Å². The molecule has 0 aliphatic rings. The maximum atomic E-state index is 6.00. The molecule has 4 rings (SSSR count). The summed E-state index contributed by atoms with van der Waals surface area (Å²) < 4.78 is 12.0. The second-order valence-corrected chi connectivity index (χ2v) is 8.68. The predicted octanol–water partition coefficient (Wildman–Crippen LogP) is 6.74. The van der Waals surface area contributed by atoms with Gasteiger partial charge in [-0.2, -0.15) is 9.97 Å². The number of unbranched alkanes of at least 4 members (excludes halogenated alkanes) is 1. The smallest absolute Gasteiger partial charge is 0.217 e. The van der Waals surface area contributed by atoms with Gasteiger partial charge in [0.25, 0.3) is 0 Å². The average Bonchev–Trinajstić information content (AvgIpc) is 2.92. The number of hydrogen-bond donors (Lipinski definition) is 0. The largest absolute Gasteiger partial charge is 0.478 e. The first-order chi connectivity index (χ1) is 17.7. The first-order valence-electron chi connectivity index (χ1n) is 12.9. The second kappa shape index (κ2) is 13.3. The van der Waals surface area contributed by atoms with Crippen molar-refractivity contribution in [1.82, 2.24) is 19.9 Å². The standard InChI is InChI=1S/C30H34N4O2/c1-3-13-25-21-27(33-29(31-25)23-15-7-5-8-16-23)35-19-11-12-20-36-28-22-26(14-4-2)32-30(34-28)24-17-9-6-10-18-24/h5-10,15-18,21-22H,3-4,11-14,19-20H2,1-2H3. The maximum absolute atomic E-state index is 6.00. The molecule has 6 nitrogen and oxygen atoms in total. The van der Waals surface area contributed by atoms with Crippen LogP contribution in [0.15, 0.2) is 72.8 Å². The van der Waals surface area contributed by atoms with E-state index in [1.54, 1.807) is 0 Å². The molecule has 2 aromatic heterocycles. The van der Waals surface area contributed by atoms with Crippen molar-refractivity contribution >= 4 is 0 Å². The molecule has 0 aliphatic carbocycles. The fourth-order valence-corrected chi connectivity index (χ4v) is 3.85. The minimum absolute atomic E-state index is 0.570. The maximum Gasteiger partial charge on any atom is 0.217 e. The van der Waals surface area contributed by atoms with E-state index in [0.717, 1.165) is 61.0 Å². The molecular weight excluding hydrogens is 448 g/mol. The quantitative estimate of drug-likeness (QED) is 0.196. The third-order valence-corrected chi connectivity index (χ3v) is 5.63. The van der Waals surface area contributed by atoms with Gasteiger partial charge in [0.1, 0.15) is 0 Å². The zero-order valence-electron chi connectivity index (χ0n) is 21.2. The summed E-state index contributed by atoms with van der Waals surface area (Å²) >= 11 is 0. The van der Waals surface area contributed by atoms with Crippen LogP contribution in [0.3, 0.4) is 0 Å². The fraction of sp³-hybridized carbons (Fsp3) is 0.333. The van der Waals surface area contributed by atoms with Crippen LogP contribution in [0.5, 0.6) is 11.8 Å². The van der Waals surface area contributed by atoms with Crippen LogP contribution >= 0.6 is 0 Å². The van der Waals surface area contributed by atoms with E-state index in [9.17, 15) is 0 Å². The van der Waals surface area contributed by atoms with Crippen molar-refractivity contribution in [1.29, 1.82) is 0 Å². The van der Waals surface area contributed by atoms with Gasteiger partial charge in [-0.1, -0.05) is 87.4 Å². The van der Waals surface area contributed by atoms with Gasteiger partial charge >= 0.3 is 0 Å². The Kier molecular flexibility index (Phi) is 9.37. The molecule has 4 aromatic rings. The van der Waals surface area contributed by atoms with Crippen LogP contribution in [0, 0.1) is 0 Å². The molecule has 0 unspecified atom stereocenters. The third kappa shape index (κ3) is 7.35. The van der Waals surface area contributed by atoms with Crippen LogP contribution in [-0.4, -0.2) is 33.1 Å². The van der Waals surface area contributed by atoms with Crippen molar-refractivity contribution in [3.8, 4) is 34.5 Å². The summed E-state index contributed by atoms with van der Waals surface area (Å²) in [6.07, 6.45) is 5.56. The van der Waals surface area contributed by atoms with Gasteiger partial charge in [0.15, 0.2) is 11.6 Å². The Bertz CT molecular complexity index is 1120. The van der Waals surface area contributed by atoms with E-state index in [1.807, 2.05) is 72.8 Å². The Morgan fingerprint density at radius 2 is 0.972 bits per heavy atom. The van der Waals surface area contributed by atoms with E-state index in [0.29, 0.717) is 36.6 Å². The Hall–Kier alpha value is -3.80. The molecule has 36 heavy (non-hydrogen) atoms. The Balaban J connectivity index is 1.31. The minimum atomic E-state index is 0.570. The van der Waals surface area contributed by atoms with Crippen molar-refractivity contribution in [3.63, 3.8) is 0 Å². The number of aryl methyl sites for hydroxylation is 2. The monoisotopic (exact) mass is 482 g/mol. The van der Waals surface area contributed by atoms with Gasteiger partial charge in [0.2, 0.25) is 11.8 Å². The lowest BCUT2D eigenvalue weighted by molar-refractivity contribution is 0.256. The lowest BCUT2D eigenvalue weighted by atomic mass is 10.2. The topological polar surface area (TPSA) is 70.0 Å². The lowest BCUT2D eigenvalue weighted by Crippen LogP contribution is -2.07. The van der Waals surface area contributed by atoms with Crippen LogP contribution in [0.2, 0.25) is 0 Å². The number of ether oxygens (including phenoxy) is 2. The van der Waals surface area contributed by atoms with Crippen LogP contribution in [0.25, 0.3) is 22.8 Å². The summed E-state index contributed by atoms with van der Waals surface area (Å²) in [6, 6.07) is 24.0. The van der Waals surface area contributed by atoms with E-state index in [-0.39, 0.29) is 0 Å². The highest BCUT2D eigenvalue weighted by molar-refractivity contribution is 5.56. The van der Waals surface area contributed by atoms with Crippen molar-refractivity contribution in [2.45, 2.75) is 52.4 Å². The molecule has 186 valence electrons. The second-order valence-electron chi connectivity index (χ2n) is 8.68. The number of nitrogens with zero attached hydrogens (tertiary/aromatic N) is 4. The Labute approximate surface area is 213 Å². The number of aromatic nitrogens is 4. The SMILES string of the molecule is CCCc1cc(OCCCCOc2cc(CCC)nc(-c3ccccc3)n2)nc(-c2ccccc2)n1. The molecule has 0 saturated heterocycles. The number of rotatable bonds is 13. The predicted molar refractivity (Wildman–Crippen MR) is 143 cm³/mol. The van der Waals surface area contributed by atoms with Gasteiger partial charge in [-0.15, -0.1) is 0 Å². The van der Waals surface area contributed by atoms with Crippen LogP contribution in [0.4, 0.5) is 0 Å². The van der Waals surface area contributed by atoms with Crippen molar-refractivity contribution in [3.05, 3.63) is 84.2 Å². The van der Waals surface area contributed by atoms with Gasteiger partial charge in [0.05, 0.1) is 13.2 Å². The lowest BCUT2D eigenvalue weighted by Gasteiger charge is -2.11. The molecule has 0 N–H and O–H groups in total. The summed E-state index contributed by atoms with van der Waals surface area (Å²) in [6.45, 7) is 5.44. The molecule has 0 spiro atoms. The fourth-order valence-electron chi connectivity index (χ4n) is 3.85. The molecule has 0 fully saturated rings. The van der Waals surface area contributed by atoms with E-state index in [1.165, 1.54) is 0 Å². The molecular formula is C30H34N4O2. The summed E-state index contributed by atoms with van der Waals surface area (Å²) in [5.74, 6) is 2.67. The Morgan fingerprint density at radius 3 is 1.36 bits per heavy atom. The highest BCUT2D eigenvalue weighted by Gasteiger charge is 2.09. The summed E-state index contributed by atoms with van der Waals surface area (Å²) in [5.41, 5.74) is 4.00. The van der Waals surface area contributed by atoms with Crippen molar-refractivity contribution in [2.75, 3.05) is 13.2 Å². The highest BCUT2D eigenvalue weighted by atomic mass is 16.5. The molecule has 0 radical (unpaired) electrons. The molecule has 0 saturated carbocycles. The number of hydrogen-bond acceptors (Lipinski definition) is 6. The van der Waals surface area contributed by atoms with Gasteiger partial charge in [-0.25, -0.2) is 9.97 Å². The van der Waals surface area contributed by atoms with Crippen molar-refractivity contribution < 1.29 is 9.47 Å². The molecule has 0 amide bonds. The van der Waals surface area contributed by atoms with Crippen LogP contribution in [0.1, 0.15) is 50.9 Å². The van der Waals surface area contributed by atoms with E-state index >= 15 is 0 Å². The number of benzene rings is 2. The Morgan fingerprint density at radius 1 is 0.556 bits per heavy atom. The summed E-state index contributed by atoms with van der Waals surface area (Å²) in [7, 11) is 0. The molecule has 2 heterocycles. The zero-order chi connectivity index (χ0) is 25.0. The van der Waals surface area contributed by atoms with Gasteiger partial charge in [0, 0.05) is 34.6 Å². The molecule has 2 aromatic carbocycles. The van der Waals surface area contributed by atoms with Gasteiger partial charge in [-0.05, 0) is 25.7 Å². The average molecular weight is 483 g/mol. The molecule has 0 bridgehead atoms. The molecule has 0 atom stereocenters. The molecule has 6 heteroatoms. The van der Waals surface area contributed by atoms with Gasteiger partial charge in [-0.3, -0.25) is 0 Å². The molecule has 0 aliphatic heterocycles. The first-order valence-corrected chi connectivity index (χ1v) is 12.9. The highest BCUT2D eigenvalue weighted by Crippen LogP contribution is 2.21. The normalized spacial score (nSPS) is 10.8. The van der Waals surface area contributed by atoms with Crippen molar-refractivity contribution in [2.24, 2.45) is 0 Å². The minimum Gasteiger partial charge on any atom is -0.478 e. The van der Waals surface area contributed by atoms with E-state index in [4.69, 9.17) is 19.4 Å². The third-order valence-electron chi connectivity index (χ3n) is 5.63. The summed E-state index contributed by atoms with van der Waals surface area (Å²) in [5, 5.41) is 0. The van der Waals surface area contributed by atoms with Crippen LogP contribution in [-0.2, 0) is 12.8 Å². The first kappa shape index (κ1) is 25.3. The van der Waals surface area contributed by atoms with Gasteiger partial charge < -0.3 is 9.47 Å².